The van der Waals surface area contributed by atoms with Gasteiger partial charge in [-0.3, -0.25) is 14.8 Å². The van der Waals surface area contributed by atoms with Crippen LogP contribution in [0.15, 0.2) is 30.3 Å². The van der Waals surface area contributed by atoms with E-state index in [0.717, 1.165) is 12.8 Å². The average Bonchev–Trinajstić information content (AvgIpc) is 3.50. The first-order chi connectivity index (χ1) is 15.3. The van der Waals surface area contributed by atoms with Crippen molar-refractivity contribution in [3.05, 3.63) is 36.1 Å². The number of benzene rings is 2. The van der Waals surface area contributed by atoms with Gasteiger partial charge in [-0.05, 0) is 49.8 Å². The molecular weight excluding hydrogens is 437 g/mol. The Morgan fingerprint density at radius 3 is 2.62 bits per heavy atom. The lowest BCUT2D eigenvalue weighted by Gasteiger charge is -2.15. The standard InChI is InChI=1S/C22H26FN3O5S/c23-18-10-9-16-17(21(18)31-14-15-7-8-15)5-4-6-19(16)25-32(29,30)12-3-1-2-11-26-13-20(27)24-22(26)28/h4-6,9-10,15,25H,1-3,7-8,11-14H2,(H,24,27,28). The zero-order valence-corrected chi connectivity index (χ0v) is 18.4. The molecule has 1 aliphatic carbocycles. The second-order valence-electron chi connectivity index (χ2n) is 8.29. The third kappa shape index (κ3) is 5.48. The predicted molar refractivity (Wildman–Crippen MR) is 118 cm³/mol. The summed E-state index contributed by atoms with van der Waals surface area (Å²) in [7, 11) is -3.62. The minimum Gasteiger partial charge on any atom is -0.490 e. The second kappa shape index (κ2) is 9.32. The van der Waals surface area contributed by atoms with Gasteiger partial charge >= 0.3 is 6.03 Å². The van der Waals surface area contributed by atoms with Crippen LogP contribution >= 0.6 is 0 Å². The van der Waals surface area contributed by atoms with Crippen LogP contribution in [-0.2, 0) is 14.8 Å². The number of nitrogens with zero attached hydrogens (tertiary/aromatic N) is 1. The van der Waals surface area contributed by atoms with Crippen LogP contribution in [0.3, 0.4) is 0 Å². The monoisotopic (exact) mass is 463 g/mol. The lowest BCUT2D eigenvalue weighted by atomic mass is 10.1. The molecule has 1 aliphatic heterocycles. The molecule has 0 spiro atoms. The van der Waals surface area contributed by atoms with Gasteiger partial charge in [-0.1, -0.05) is 18.6 Å². The van der Waals surface area contributed by atoms with E-state index in [4.69, 9.17) is 4.74 Å². The van der Waals surface area contributed by atoms with Crippen molar-refractivity contribution < 1.29 is 27.1 Å². The average molecular weight is 464 g/mol. The summed E-state index contributed by atoms with van der Waals surface area (Å²) in [4.78, 5) is 24.1. The van der Waals surface area contributed by atoms with Gasteiger partial charge in [0, 0.05) is 17.3 Å². The fraction of sp³-hybridized carbons (Fsp3) is 0.455. The lowest BCUT2D eigenvalue weighted by Crippen LogP contribution is -2.29. The summed E-state index contributed by atoms with van der Waals surface area (Å²) in [5.41, 5.74) is 0.381. The number of hydrogen-bond donors (Lipinski definition) is 2. The van der Waals surface area contributed by atoms with Gasteiger partial charge in [0.05, 0.1) is 18.0 Å². The Balaban J connectivity index is 1.35. The van der Waals surface area contributed by atoms with E-state index in [1.54, 1.807) is 24.3 Å². The van der Waals surface area contributed by atoms with Crippen LogP contribution in [0.25, 0.3) is 10.8 Å². The van der Waals surface area contributed by atoms with Crippen molar-refractivity contribution in [2.45, 2.75) is 32.1 Å². The molecule has 0 aromatic heterocycles. The second-order valence-corrected chi connectivity index (χ2v) is 10.1. The van der Waals surface area contributed by atoms with Crippen molar-refractivity contribution in [3.63, 3.8) is 0 Å². The van der Waals surface area contributed by atoms with E-state index < -0.39 is 21.9 Å². The van der Waals surface area contributed by atoms with Crippen LogP contribution in [0.4, 0.5) is 14.9 Å². The SMILES string of the molecule is O=C1CN(CCCCCS(=O)(=O)Nc2cccc3c(OCC4CC4)c(F)ccc23)C(=O)N1. The van der Waals surface area contributed by atoms with Gasteiger partial charge in [0.15, 0.2) is 11.6 Å². The van der Waals surface area contributed by atoms with E-state index in [1.165, 1.54) is 11.0 Å². The molecule has 1 heterocycles. The molecule has 0 bridgehead atoms. The van der Waals surface area contributed by atoms with Crippen LogP contribution in [-0.4, -0.2) is 50.7 Å². The molecule has 2 aromatic carbocycles. The number of imide groups is 1. The van der Waals surface area contributed by atoms with Crippen LogP contribution in [0.2, 0.25) is 0 Å². The fourth-order valence-corrected chi connectivity index (χ4v) is 4.88. The zero-order chi connectivity index (χ0) is 22.7. The molecule has 1 saturated heterocycles. The third-order valence-electron chi connectivity index (χ3n) is 5.60. The Morgan fingerprint density at radius 2 is 1.91 bits per heavy atom. The summed E-state index contributed by atoms with van der Waals surface area (Å²) in [5.74, 6) is -0.253. The van der Waals surface area contributed by atoms with E-state index >= 15 is 0 Å². The summed E-state index contributed by atoms with van der Waals surface area (Å²) in [6.45, 7) is 0.912. The van der Waals surface area contributed by atoms with Crippen molar-refractivity contribution in [2.24, 2.45) is 5.92 Å². The maximum absolute atomic E-state index is 14.3. The zero-order valence-electron chi connectivity index (χ0n) is 17.6. The number of rotatable bonds is 11. The summed E-state index contributed by atoms with van der Waals surface area (Å²) >= 11 is 0. The minimum absolute atomic E-state index is 0.0483. The summed E-state index contributed by atoms with van der Waals surface area (Å²) in [6, 6.07) is 7.48. The molecule has 1 saturated carbocycles. The number of amides is 3. The quantitative estimate of drug-likeness (QED) is 0.393. The number of urea groups is 1. The molecule has 0 radical (unpaired) electrons. The molecule has 32 heavy (non-hydrogen) atoms. The first-order valence-corrected chi connectivity index (χ1v) is 12.4. The molecule has 8 nitrogen and oxygen atoms in total. The Kier molecular flexibility index (Phi) is 6.50. The molecule has 0 atom stereocenters. The highest BCUT2D eigenvalue weighted by Gasteiger charge is 2.26. The molecule has 0 unspecified atom stereocenters. The molecule has 2 fully saturated rings. The third-order valence-corrected chi connectivity index (χ3v) is 6.96. The number of fused-ring (bicyclic) bond motifs is 1. The van der Waals surface area contributed by atoms with Gasteiger partial charge in [0.1, 0.15) is 6.54 Å². The topological polar surface area (TPSA) is 105 Å². The van der Waals surface area contributed by atoms with Gasteiger partial charge in [-0.25, -0.2) is 17.6 Å². The van der Waals surface area contributed by atoms with Crippen molar-refractivity contribution in [2.75, 3.05) is 30.2 Å². The van der Waals surface area contributed by atoms with E-state index in [-0.39, 0.29) is 24.0 Å². The molecular formula is C22H26FN3O5S. The number of hydrogen-bond acceptors (Lipinski definition) is 5. The number of anilines is 1. The molecule has 10 heteroatoms. The Morgan fingerprint density at radius 1 is 1.09 bits per heavy atom. The summed E-state index contributed by atoms with van der Waals surface area (Å²) in [5, 5.41) is 3.32. The number of carbonyl (C=O) groups excluding carboxylic acids is 2. The number of unbranched alkanes of at least 4 members (excludes halogenated alkanes) is 2. The van der Waals surface area contributed by atoms with Crippen LogP contribution in [0.5, 0.6) is 5.75 Å². The molecule has 2 aliphatic rings. The highest BCUT2D eigenvalue weighted by molar-refractivity contribution is 7.92. The first kappa shape index (κ1) is 22.3. The fourth-order valence-electron chi connectivity index (χ4n) is 3.68. The summed E-state index contributed by atoms with van der Waals surface area (Å²) < 4.78 is 47.8. The van der Waals surface area contributed by atoms with Crippen LogP contribution < -0.4 is 14.8 Å². The first-order valence-electron chi connectivity index (χ1n) is 10.8. The molecule has 172 valence electrons. The highest BCUT2D eigenvalue weighted by atomic mass is 32.2. The van der Waals surface area contributed by atoms with Gasteiger partial charge in [-0.2, -0.15) is 0 Å². The lowest BCUT2D eigenvalue weighted by molar-refractivity contribution is -0.118. The van der Waals surface area contributed by atoms with Gasteiger partial charge in [0.25, 0.3) is 0 Å². The number of sulfonamides is 1. The number of carbonyl (C=O) groups is 2. The largest absolute Gasteiger partial charge is 0.490 e. The summed E-state index contributed by atoms with van der Waals surface area (Å²) in [6.07, 6.45) is 3.78. The number of ether oxygens (including phenoxy) is 1. The molecule has 3 amide bonds. The minimum atomic E-state index is -3.62. The van der Waals surface area contributed by atoms with Crippen LogP contribution in [0, 0.1) is 11.7 Å². The molecule has 2 aromatic rings. The van der Waals surface area contributed by atoms with Crippen molar-refractivity contribution in [1.29, 1.82) is 0 Å². The smallest absolute Gasteiger partial charge is 0.324 e. The maximum Gasteiger partial charge on any atom is 0.324 e. The predicted octanol–water partition coefficient (Wildman–Crippen LogP) is 3.23. The van der Waals surface area contributed by atoms with E-state index in [1.807, 2.05) is 0 Å². The van der Waals surface area contributed by atoms with Gasteiger partial charge < -0.3 is 9.64 Å². The van der Waals surface area contributed by atoms with Gasteiger partial charge in [-0.15, -0.1) is 0 Å². The highest BCUT2D eigenvalue weighted by Crippen LogP contribution is 2.36. The van der Waals surface area contributed by atoms with Crippen molar-refractivity contribution >= 4 is 38.4 Å². The van der Waals surface area contributed by atoms with E-state index in [2.05, 4.69) is 10.0 Å². The maximum atomic E-state index is 14.3. The Bertz CT molecular complexity index is 1130. The van der Waals surface area contributed by atoms with Crippen molar-refractivity contribution in [1.82, 2.24) is 10.2 Å². The van der Waals surface area contributed by atoms with E-state index in [9.17, 15) is 22.4 Å². The Labute approximate surface area is 186 Å². The normalized spacial score (nSPS) is 16.5. The Hall–Kier alpha value is -2.88. The van der Waals surface area contributed by atoms with E-state index in [0.29, 0.717) is 54.8 Å². The van der Waals surface area contributed by atoms with Gasteiger partial charge in [0.2, 0.25) is 15.9 Å². The number of nitrogens with one attached hydrogen (secondary N) is 2. The molecule has 2 N–H and O–H groups in total. The number of halogens is 1. The van der Waals surface area contributed by atoms with Crippen molar-refractivity contribution in [3.8, 4) is 5.75 Å². The molecule has 4 rings (SSSR count). The van der Waals surface area contributed by atoms with Crippen LogP contribution in [0.1, 0.15) is 32.1 Å².